The van der Waals surface area contributed by atoms with Crippen molar-refractivity contribution >= 4 is 16.3 Å². The van der Waals surface area contributed by atoms with Crippen LogP contribution in [0.2, 0.25) is 0 Å². The molecule has 4 nitrogen and oxygen atoms in total. The van der Waals surface area contributed by atoms with E-state index in [1.54, 1.807) is 11.3 Å². The fourth-order valence-electron chi connectivity index (χ4n) is 2.32. The maximum atomic E-state index is 9.25. The van der Waals surface area contributed by atoms with Crippen molar-refractivity contribution in [3.63, 3.8) is 0 Å². The lowest BCUT2D eigenvalue weighted by molar-refractivity contribution is 0.0617. The summed E-state index contributed by atoms with van der Waals surface area (Å²) in [6.45, 7) is 5.00. The van der Waals surface area contributed by atoms with Crippen LogP contribution in [0.25, 0.3) is 4.96 Å². The van der Waals surface area contributed by atoms with Crippen LogP contribution in [0.1, 0.15) is 29.1 Å². The molecule has 0 atom stereocenters. The van der Waals surface area contributed by atoms with Crippen LogP contribution in [-0.2, 0) is 6.54 Å². The molecule has 1 aliphatic carbocycles. The van der Waals surface area contributed by atoms with Gasteiger partial charge in [-0.05, 0) is 26.7 Å². The minimum absolute atomic E-state index is 0.0950. The first-order valence-electron chi connectivity index (χ1n) is 5.99. The van der Waals surface area contributed by atoms with Crippen molar-refractivity contribution in [1.82, 2.24) is 14.7 Å². The van der Waals surface area contributed by atoms with Crippen LogP contribution in [0.3, 0.4) is 0 Å². The molecule has 2 heterocycles. The van der Waals surface area contributed by atoms with Crippen molar-refractivity contribution in [3.05, 3.63) is 22.5 Å². The molecule has 1 fully saturated rings. The second kappa shape index (κ2) is 4.08. The van der Waals surface area contributed by atoms with E-state index in [0.29, 0.717) is 6.04 Å². The molecule has 2 aromatic rings. The molecule has 1 saturated carbocycles. The van der Waals surface area contributed by atoms with Crippen LogP contribution in [0, 0.1) is 13.8 Å². The van der Waals surface area contributed by atoms with E-state index >= 15 is 0 Å². The summed E-state index contributed by atoms with van der Waals surface area (Å²) in [4.78, 5) is 6.92. The molecule has 2 N–H and O–H groups in total. The molecule has 0 aliphatic heterocycles. The van der Waals surface area contributed by atoms with Crippen molar-refractivity contribution in [2.45, 2.75) is 45.4 Å². The normalized spacial score (nSPS) is 24.2. The van der Waals surface area contributed by atoms with Gasteiger partial charge >= 0.3 is 0 Å². The Hall–Kier alpha value is -0.910. The van der Waals surface area contributed by atoms with Gasteiger partial charge in [0.15, 0.2) is 4.96 Å². The highest BCUT2D eigenvalue weighted by molar-refractivity contribution is 7.17. The van der Waals surface area contributed by atoms with Crippen molar-refractivity contribution in [2.75, 3.05) is 0 Å². The van der Waals surface area contributed by atoms with Gasteiger partial charge in [0.25, 0.3) is 0 Å². The number of hydrogen-bond donors (Lipinski definition) is 2. The van der Waals surface area contributed by atoms with Gasteiger partial charge in [0.05, 0.1) is 17.5 Å². The van der Waals surface area contributed by atoms with Gasteiger partial charge in [-0.15, -0.1) is 11.3 Å². The van der Waals surface area contributed by atoms with Crippen LogP contribution >= 0.6 is 11.3 Å². The van der Waals surface area contributed by atoms with Gasteiger partial charge in [-0.2, -0.15) is 0 Å². The number of thiazole rings is 1. The van der Waals surface area contributed by atoms with Crippen molar-refractivity contribution < 1.29 is 5.11 Å². The molecular weight excluding hydrogens is 234 g/mol. The predicted octanol–water partition coefficient (Wildman–Crippen LogP) is 1.63. The molecule has 0 unspecified atom stereocenters. The van der Waals surface area contributed by atoms with Crippen molar-refractivity contribution in [2.24, 2.45) is 0 Å². The average Bonchev–Trinajstić information content (AvgIpc) is 2.68. The van der Waals surface area contributed by atoms with Crippen LogP contribution < -0.4 is 5.32 Å². The average molecular weight is 251 g/mol. The Morgan fingerprint density at radius 1 is 1.53 bits per heavy atom. The fourth-order valence-corrected chi connectivity index (χ4v) is 3.21. The Labute approximate surface area is 104 Å². The number of aromatic nitrogens is 2. The molecule has 17 heavy (non-hydrogen) atoms. The smallest absolute Gasteiger partial charge is 0.194 e. The lowest BCUT2D eigenvalue weighted by atomic mass is 9.89. The van der Waals surface area contributed by atoms with E-state index in [1.807, 2.05) is 0 Å². The summed E-state index contributed by atoms with van der Waals surface area (Å²) < 4.78 is 2.18. The Bertz CT molecular complexity index is 539. The number of hydrogen-bond acceptors (Lipinski definition) is 4. The highest BCUT2D eigenvalue weighted by atomic mass is 32.1. The molecule has 0 saturated heterocycles. The molecule has 1 aliphatic rings. The molecule has 0 amide bonds. The summed E-state index contributed by atoms with van der Waals surface area (Å²) in [5, 5.41) is 12.7. The van der Waals surface area contributed by atoms with E-state index in [2.05, 4.69) is 34.7 Å². The number of imidazole rings is 1. The van der Waals surface area contributed by atoms with Gasteiger partial charge in [0.2, 0.25) is 0 Å². The molecule has 2 aromatic heterocycles. The van der Waals surface area contributed by atoms with E-state index in [4.69, 9.17) is 0 Å². The molecule has 0 radical (unpaired) electrons. The predicted molar refractivity (Wildman–Crippen MR) is 68.4 cm³/mol. The van der Waals surface area contributed by atoms with Crippen molar-refractivity contribution in [1.29, 1.82) is 0 Å². The van der Waals surface area contributed by atoms with Gasteiger partial charge in [0.1, 0.15) is 0 Å². The molecule has 3 rings (SSSR count). The van der Waals surface area contributed by atoms with Crippen LogP contribution in [0.4, 0.5) is 0 Å². The highest BCUT2D eigenvalue weighted by Gasteiger charge is 2.26. The zero-order valence-corrected chi connectivity index (χ0v) is 10.9. The summed E-state index contributed by atoms with van der Waals surface area (Å²) in [5.41, 5.74) is 2.34. The first-order chi connectivity index (χ1) is 8.13. The maximum absolute atomic E-state index is 9.25. The van der Waals surface area contributed by atoms with Gasteiger partial charge in [0, 0.05) is 23.7 Å². The number of nitrogens with one attached hydrogen (secondary N) is 1. The summed E-state index contributed by atoms with van der Waals surface area (Å²) >= 11 is 1.73. The standard InChI is InChI=1S/C12H17N3OS/c1-7-6-15-11(8(2)14-12(15)17-7)5-13-9-3-10(16)4-9/h6,9-10,13,16H,3-5H2,1-2H3. The number of rotatable bonds is 3. The summed E-state index contributed by atoms with van der Waals surface area (Å²) in [7, 11) is 0. The Kier molecular flexibility index (Phi) is 2.69. The molecule has 5 heteroatoms. The number of nitrogens with zero attached hydrogens (tertiary/aromatic N) is 2. The maximum Gasteiger partial charge on any atom is 0.194 e. The zero-order chi connectivity index (χ0) is 12.0. The summed E-state index contributed by atoms with van der Waals surface area (Å²) in [5.74, 6) is 0. The Balaban J connectivity index is 1.76. The minimum Gasteiger partial charge on any atom is -0.393 e. The summed E-state index contributed by atoms with van der Waals surface area (Å²) in [6, 6.07) is 0.467. The molecule has 0 bridgehead atoms. The van der Waals surface area contributed by atoms with Gasteiger partial charge < -0.3 is 10.4 Å². The highest BCUT2D eigenvalue weighted by Crippen LogP contribution is 2.23. The molecular formula is C12H17N3OS. The second-order valence-electron chi connectivity index (χ2n) is 4.84. The van der Waals surface area contributed by atoms with Crippen molar-refractivity contribution in [3.8, 4) is 0 Å². The molecule has 92 valence electrons. The third kappa shape index (κ3) is 1.99. The van der Waals surface area contributed by atoms with Gasteiger partial charge in [-0.3, -0.25) is 4.40 Å². The van der Waals surface area contributed by atoms with E-state index in [-0.39, 0.29) is 6.10 Å². The number of aryl methyl sites for hydroxylation is 2. The number of aliphatic hydroxyl groups is 1. The molecule has 0 aromatic carbocycles. The van der Waals surface area contributed by atoms with E-state index < -0.39 is 0 Å². The van der Waals surface area contributed by atoms with Crippen LogP contribution in [0.15, 0.2) is 6.20 Å². The van der Waals surface area contributed by atoms with Crippen LogP contribution in [-0.4, -0.2) is 26.6 Å². The van der Waals surface area contributed by atoms with Gasteiger partial charge in [-0.25, -0.2) is 4.98 Å². The largest absolute Gasteiger partial charge is 0.393 e. The Morgan fingerprint density at radius 2 is 2.29 bits per heavy atom. The minimum atomic E-state index is -0.0950. The Morgan fingerprint density at radius 3 is 3.00 bits per heavy atom. The number of aliphatic hydroxyl groups excluding tert-OH is 1. The van der Waals surface area contributed by atoms with Gasteiger partial charge in [-0.1, -0.05) is 0 Å². The first-order valence-corrected chi connectivity index (χ1v) is 6.80. The fraction of sp³-hybridized carbons (Fsp3) is 0.583. The van der Waals surface area contributed by atoms with E-state index in [1.165, 1.54) is 10.6 Å². The monoisotopic (exact) mass is 251 g/mol. The van der Waals surface area contributed by atoms with E-state index in [9.17, 15) is 5.11 Å². The van der Waals surface area contributed by atoms with E-state index in [0.717, 1.165) is 30.0 Å². The SMILES string of the molecule is Cc1cn2c(CNC3CC(O)C3)c(C)nc2s1. The first kappa shape index (κ1) is 11.2. The lowest BCUT2D eigenvalue weighted by Crippen LogP contribution is -2.43. The molecule has 0 spiro atoms. The zero-order valence-electron chi connectivity index (χ0n) is 10.1. The topological polar surface area (TPSA) is 49.6 Å². The summed E-state index contributed by atoms with van der Waals surface area (Å²) in [6.07, 6.45) is 3.81. The third-order valence-electron chi connectivity index (χ3n) is 3.41. The number of fused-ring (bicyclic) bond motifs is 1. The quantitative estimate of drug-likeness (QED) is 0.871. The third-order valence-corrected chi connectivity index (χ3v) is 4.31. The lowest BCUT2D eigenvalue weighted by Gasteiger charge is -2.32. The second-order valence-corrected chi connectivity index (χ2v) is 6.05. The van der Waals surface area contributed by atoms with Crippen LogP contribution in [0.5, 0.6) is 0 Å².